The number of halogens is 1. The summed E-state index contributed by atoms with van der Waals surface area (Å²) in [6, 6.07) is 8.29. The van der Waals surface area contributed by atoms with Crippen molar-refractivity contribution in [3.63, 3.8) is 0 Å². The van der Waals surface area contributed by atoms with Crippen molar-refractivity contribution in [2.75, 3.05) is 0 Å². The molecule has 7 nitrogen and oxygen atoms in total. The number of hydrogen-bond acceptors (Lipinski definition) is 4. The Bertz CT molecular complexity index is 1110. The summed E-state index contributed by atoms with van der Waals surface area (Å²) in [6.07, 6.45) is 1.48. The van der Waals surface area contributed by atoms with E-state index in [2.05, 4.69) is 14.7 Å². The highest BCUT2D eigenvalue weighted by atomic mass is 32.2. The van der Waals surface area contributed by atoms with Gasteiger partial charge in [-0.1, -0.05) is 12.1 Å². The number of H-pyrrole nitrogens is 1. The third kappa shape index (κ3) is 3.73. The maximum Gasteiger partial charge on any atom is 0.274 e. The summed E-state index contributed by atoms with van der Waals surface area (Å²) in [5.74, 6) is -0.528. The van der Waals surface area contributed by atoms with E-state index >= 15 is 0 Å². The first kappa shape index (κ1) is 17.2. The minimum atomic E-state index is -3.89. The van der Waals surface area contributed by atoms with E-state index in [0.717, 1.165) is 0 Å². The summed E-state index contributed by atoms with van der Waals surface area (Å²) >= 11 is 0. The Balaban J connectivity index is 2.06. The van der Waals surface area contributed by atoms with Crippen molar-refractivity contribution in [1.82, 2.24) is 14.7 Å². The van der Waals surface area contributed by atoms with Crippen LogP contribution in [-0.2, 0) is 10.2 Å². The van der Waals surface area contributed by atoms with Gasteiger partial charge in [-0.3, -0.25) is 4.79 Å². The fourth-order valence-electron chi connectivity index (χ4n) is 2.63. The summed E-state index contributed by atoms with van der Waals surface area (Å²) in [4.78, 5) is 18.1. The van der Waals surface area contributed by atoms with Gasteiger partial charge in [0.2, 0.25) is 5.56 Å². The van der Waals surface area contributed by atoms with Crippen LogP contribution in [0.3, 0.4) is 0 Å². The van der Waals surface area contributed by atoms with Gasteiger partial charge in [0.25, 0.3) is 10.2 Å². The van der Waals surface area contributed by atoms with Crippen molar-refractivity contribution < 1.29 is 12.8 Å². The molecule has 2 heterocycles. The maximum absolute atomic E-state index is 14.6. The molecule has 3 rings (SSSR count). The zero-order chi connectivity index (χ0) is 18.2. The lowest BCUT2D eigenvalue weighted by molar-refractivity contribution is 0.566. The monoisotopic (exact) mass is 362 g/mol. The Morgan fingerprint density at radius 3 is 2.64 bits per heavy atom. The molecule has 4 N–H and O–H groups in total. The van der Waals surface area contributed by atoms with Crippen LogP contribution in [0.4, 0.5) is 4.39 Å². The molecule has 0 aliphatic heterocycles. The van der Waals surface area contributed by atoms with Crippen LogP contribution in [0.1, 0.15) is 18.5 Å². The molecule has 0 aliphatic rings. The van der Waals surface area contributed by atoms with Gasteiger partial charge in [0.05, 0.1) is 0 Å². The van der Waals surface area contributed by atoms with E-state index < -0.39 is 22.1 Å². The van der Waals surface area contributed by atoms with Crippen molar-refractivity contribution in [3.8, 4) is 11.1 Å². The molecule has 0 saturated heterocycles. The van der Waals surface area contributed by atoms with E-state index in [1.165, 1.54) is 18.3 Å². The lowest BCUT2D eigenvalue weighted by Gasteiger charge is -2.14. The molecule has 3 aromatic rings. The number of nitrogens with one attached hydrogen (secondary N) is 2. The molecule has 1 atom stereocenters. The average Bonchev–Trinajstić information content (AvgIpc) is 2.52. The third-order valence-electron chi connectivity index (χ3n) is 3.76. The molecule has 25 heavy (non-hydrogen) atoms. The van der Waals surface area contributed by atoms with Crippen molar-refractivity contribution >= 4 is 21.2 Å². The second kappa shape index (κ2) is 6.36. The predicted molar refractivity (Wildman–Crippen MR) is 92.4 cm³/mol. The van der Waals surface area contributed by atoms with Crippen molar-refractivity contribution in [1.29, 1.82) is 0 Å². The number of nitrogens with two attached hydrogens (primary N) is 1. The Hall–Kier alpha value is -2.62. The Morgan fingerprint density at radius 1 is 1.20 bits per heavy atom. The molecule has 0 amide bonds. The van der Waals surface area contributed by atoms with E-state index in [-0.39, 0.29) is 5.56 Å². The molecular weight excluding hydrogens is 347 g/mol. The van der Waals surface area contributed by atoms with Gasteiger partial charge in [-0.2, -0.15) is 13.1 Å². The molecule has 2 aromatic heterocycles. The normalized spacial score (nSPS) is 13.1. The Kier molecular flexibility index (Phi) is 4.38. The van der Waals surface area contributed by atoms with E-state index in [9.17, 15) is 17.6 Å². The average molecular weight is 362 g/mol. The largest absolute Gasteiger partial charge is 0.307 e. The summed E-state index contributed by atoms with van der Waals surface area (Å²) in [7, 11) is -3.89. The molecule has 0 bridgehead atoms. The van der Waals surface area contributed by atoms with E-state index in [0.29, 0.717) is 27.7 Å². The summed E-state index contributed by atoms with van der Waals surface area (Å²) in [5.41, 5.74) is 1.37. The van der Waals surface area contributed by atoms with Crippen LogP contribution in [0.5, 0.6) is 0 Å². The van der Waals surface area contributed by atoms with Crippen LogP contribution >= 0.6 is 0 Å². The van der Waals surface area contributed by atoms with Crippen LogP contribution < -0.4 is 15.4 Å². The van der Waals surface area contributed by atoms with Gasteiger partial charge in [0.1, 0.15) is 11.5 Å². The zero-order valence-corrected chi connectivity index (χ0v) is 14.0. The van der Waals surface area contributed by atoms with Gasteiger partial charge in [0, 0.05) is 29.3 Å². The second-order valence-electron chi connectivity index (χ2n) is 5.57. The number of pyridine rings is 2. The van der Waals surface area contributed by atoms with Gasteiger partial charge in [-0.25, -0.2) is 14.5 Å². The van der Waals surface area contributed by atoms with Crippen molar-refractivity contribution in [3.05, 3.63) is 64.3 Å². The molecule has 1 aromatic carbocycles. The fraction of sp³-hybridized carbons (Fsp3) is 0.125. The summed E-state index contributed by atoms with van der Waals surface area (Å²) < 4.78 is 39.0. The molecule has 130 valence electrons. The number of nitrogens with zero attached hydrogens (tertiary/aromatic N) is 1. The highest BCUT2D eigenvalue weighted by Crippen LogP contribution is 2.30. The maximum atomic E-state index is 14.6. The minimum absolute atomic E-state index is 0.295. The SMILES string of the molecule is CC(NS(N)(=O)=O)c1ccc(-c2ccnc3[nH]c(=O)ccc23)c(F)c1. The molecule has 0 radical (unpaired) electrons. The number of benzene rings is 1. The van der Waals surface area contributed by atoms with Crippen molar-refractivity contribution in [2.45, 2.75) is 13.0 Å². The molecule has 0 fully saturated rings. The molecule has 0 saturated carbocycles. The smallest absolute Gasteiger partial charge is 0.274 e. The highest BCUT2D eigenvalue weighted by Gasteiger charge is 2.15. The van der Waals surface area contributed by atoms with Crippen LogP contribution in [0, 0.1) is 5.82 Å². The second-order valence-corrected chi connectivity index (χ2v) is 6.89. The van der Waals surface area contributed by atoms with Crippen LogP contribution in [0.15, 0.2) is 47.4 Å². The molecular formula is C16H15FN4O3S. The minimum Gasteiger partial charge on any atom is -0.307 e. The standard InChI is InChI=1S/C16H15FN4O3S/c1-9(21-25(18,23)24)10-2-3-12(14(17)8-10)11-6-7-19-16-13(11)4-5-15(22)20-16/h2-9,21H,1H3,(H2,18,23,24)(H,19,20,22). The number of aromatic nitrogens is 2. The highest BCUT2D eigenvalue weighted by molar-refractivity contribution is 7.87. The van der Waals surface area contributed by atoms with Crippen LogP contribution in [-0.4, -0.2) is 18.4 Å². The molecule has 9 heteroatoms. The Labute approximate surface area is 142 Å². The molecule has 1 unspecified atom stereocenters. The van der Waals surface area contributed by atoms with Crippen LogP contribution in [0.2, 0.25) is 0 Å². The quantitative estimate of drug-likeness (QED) is 0.653. The van der Waals surface area contributed by atoms with Gasteiger partial charge < -0.3 is 4.98 Å². The van der Waals surface area contributed by atoms with Gasteiger partial charge in [-0.05, 0) is 36.2 Å². The van der Waals surface area contributed by atoms with Gasteiger partial charge >= 0.3 is 0 Å². The lowest BCUT2D eigenvalue weighted by atomic mass is 9.99. The van der Waals surface area contributed by atoms with E-state index in [1.807, 2.05) is 0 Å². The third-order valence-corrected chi connectivity index (χ3v) is 4.44. The molecule has 0 spiro atoms. The summed E-state index contributed by atoms with van der Waals surface area (Å²) in [5, 5.41) is 5.54. The topological polar surface area (TPSA) is 118 Å². The Morgan fingerprint density at radius 2 is 1.96 bits per heavy atom. The van der Waals surface area contributed by atoms with Gasteiger partial charge in [-0.15, -0.1) is 0 Å². The number of hydrogen-bond donors (Lipinski definition) is 3. The van der Waals surface area contributed by atoms with Gasteiger partial charge in [0.15, 0.2) is 0 Å². The fourth-order valence-corrected chi connectivity index (χ4v) is 3.26. The molecule has 0 aliphatic carbocycles. The van der Waals surface area contributed by atoms with Crippen molar-refractivity contribution in [2.24, 2.45) is 5.14 Å². The zero-order valence-electron chi connectivity index (χ0n) is 13.2. The first-order valence-electron chi connectivity index (χ1n) is 7.32. The van der Waals surface area contributed by atoms with Crippen LogP contribution in [0.25, 0.3) is 22.2 Å². The van der Waals surface area contributed by atoms with E-state index in [1.54, 1.807) is 31.2 Å². The van der Waals surface area contributed by atoms with E-state index in [4.69, 9.17) is 5.14 Å². The number of aromatic amines is 1. The first-order valence-corrected chi connectivity index (χ1v) is 8.87. The number of fused-ring (bicyclic) bond motifs is 1. The first-order chi connectivity index (χ1) is 11.7. The predicted octanol–water partition coefficient (Wildman–Crippen LogP) is 1.58. The lowest BCUT2D eigenvalue weighted by Crippen LogP contribution is -2.33. The summed E-state index contributed by atoms with van der Waals surface area (Å²) in [6.45, 7) is 1.56. The number of rotatable bonds is 4.